The molecule has 0 atom stereocenters. The predicted molar refractivity (Wildman–Crippen MR) is 122 cm³/mol. The summed E-state index contributed by atoms with van der Waals surface area (Å²) in [5.41, 5.74) is 0. The molecule has 0 saturated carbocycles. The Labute approximate surface area is 180 Å². The number of sulfonamides is 1. The van der Waals surface area contributed by atoms with Crippen LogP contribution >= 0.6 is 11.3 Å². The van der Waals surface area contributed by atoms with Gasteiger partial charge in [0.25, 0.3) is 10.0 Å². The van der Waals surface area contributed by atoms with Crippen LogP contribution in [0.15, 0.2) is 21.3 Å². The molecule has 0 bridgehead atoms. The average Bonchev–Trinajstić information content (AvgIpc) is 3.17. The van der Waals surface area contributed by atoms with Crippen LogP contribution in [0.5, 0.6) is 0 Å². The van der Waals surface area contributed by atoms with Gasteiger partial charge in [-0.2, -0.15) is 4.31 Å². The van der Waals surface area contributed by atoms with Gasteiger partial charge >= 0.3 is 0 Å². The molecule has 0 radical (unpaired) electrons. The maximum atomic E-state index is 12.8. The summed E-state index contributed by atoms with van der Waals surface area (Å²) in [6.07, 6.45) is 3.02. The Kier molecular flexibility index (Phi) is 9.39. The Morgan fingerprint density at radius 2 is 1.79 bits per heavy atom. The molecular weight excluding hydrogens is 406 g/mol. The van der Waals surface area contributed by atoms with Crippen LogP contribution in [0.2, 0.25) is 0 Å². The predicted octanol–water partition coefficient (Wildman–Crippen LogP) is 2.71. The molecule has 1 aromatic rings. The molecule has 7 nitrogen and oxygen atoms in total. The van der Waals surface area contributed by atoms with Crippen LogP contribution in [0, 0.1) is 0 Å². The molecule has 1 saturated heterocycles. The number of thiophene rings is 1. The summed E-state index contributed by atoms with van der Waals surface area (Å²) < 4.78 is 27.6. The van der Waals surface area contributed by atoms with E-state index >= 15 is 0 Å². The topological polar surface area (TPSA) is 77.0 Å². The summed E-state index contributed by atoms with van der Waals surface area (Å²) >= 11 is 1.34. The van der Waals surface area contributed by atoms with Crippen LogP contribution in [0.3, 0.4) is 0 Å². The molecule has 0 spiro atoms. The van der Waals surface area contributed by atoms with Gasteiger partial charge in [-0.15, -0.1) is 11.3 Å². The van der Waals surface area contributed by atoms with Crippen molar-refractivity contribution in [1.29, 1.82) is 0 Å². The van der Waals surface area contributed by atoms with Crippen molar-refractivity contribution in [3.8, 4) is 0 Å². The van der Waals surface area contributed by atoms with Gasteiger partial charge in [-0.3, -0.25) is 9.89 Å². The van der Waals surface area contributed by atoms with Crippen molar-refractivity contribution in [2.45, 2.75) is 69.8 Å². The number of piperidine rings is 1. The molecular formula is C20H37N5O2S2. The van der Waals surface area contributed by atoms with Gasteiger partial charge in [0.2, 0.25) is 0 Å². The highest BCUT2D eigenvalue weighted by Gasteiger charge is 2.27. The van der Waals surface area contributed by atoms with Crippen LogP contribution in [0.4, 0.5) is 0 Å². The number of hydrogen-bond donors (Lipinski definition) is 2. The van der Waals surface area contributed by atoms with Gasteiger partial charge < -0.3 is 10.6 Å². The first kappa shape index (κ1) is 24.1. The van der Waals surface area contributed by atoms with Crippen LogP contribution in [0.1, 0.15) is 51.8 Å². The van der Waals surface area contributed by atoms with Crippen molar-refractivity contribution in [2.24, 2.45) is 4.99 Å². The molecule has 166 valence electrons. The molecule has 2 rings (SSSR count). The molecule has 0 amide bonds. The van der Waals surface area contributed by atoms with Gasteiger partial charge in [-0.25, -0.2) is 8.42 Å². The number of hydrogen-bond acceptors (Lipinski definition) is 5. The minimum Gasteiger partial charge on any atom is -0.355 e. The van der Waals surface area contributed by atoms with Gasteiger partial charge in [-0.1, -0.05) is 6.42 Å². The fourth-order valence-corrected chi connectivity index (χ4v) is 6.60. The smallest absolute Gasteiger partial charge is 0.252 e. The van der Waals surface area contributed by atoms with Crippen LogP contribution in [0.25, 0.3) is 0 Å². The lowest BCUT2D eigenvalue weighted by Crippen LogP contribution is -2.45. The lowest BCUT2D eigenvalue weighted by atomic mass is 10.2. The van der Waals surface area contributed by atoms with Gasteiger partial charge in [0.15, 0.2) is 5.96 Å². The molecule has 2 N–H and O–H groups in total. The standard InChI is InChI=1S/C20H37N5O2S2/c1-16(2)25(17(3)4)14-11-22-20(21-5)23-15-18-9-10-19(28-18)29(26,27)24-12-7-6-8-13-24/h9-10,16-17H,6-8,11-15H2,1-5H3,(H2,21,22,23). The number of nitrogens with zero attached hydrogens (tertiary/aromatic N) is 3. The quantitative estimate of drug-likeness (QED) is 0.453. The van der Waals surface area contributed by atoms with E-state index in [1.807, 2.05) is 6.07 Å². The molecule has 1 aromatic heterocycles. The van der Waals surface area contributed by atoms with E-state index in [4.69, 9.17) is 0 Å². The van der Waals surface area contributed by atoms with Gasteiger partial charge in [0, 0.05) is 50.2 Å². The molecule has 29 heavy (non-hydrogen) atoms. The van der Waals surface area contributed by atoms with Crippen LogP contribution in [-0.4, -0.2) is 68.9 Å². The Bertz CT molecular complexity index is 745. The first-order valence-corrected chi connectivity index (χ1v) is 12.8. The number of guanidine groups is 1. The maximum absolute atomic E-state index is 12.8. The van der Waals surface area contributed by atoms with E-state index in [0.717, 1.165) is 43.2 Å². The van der Waals surface area contributed by atoms with Crippen molar-refractivity contribution in [3.63, 3.8) is 0 Å². The SMILES string of the molecule is CN=C(NCCN(C(C)C)C(C)C)NCc1ccc(S(=O)(=O)N2CCCCC2)s1. The number of rotatable bonds is 9. The molecule has 0 aromatic carbocycles. The monoisotopic (exact) mass is 443 g/mol. The second-order valence-electron chi connectivity index (χ2n) is 7.96. The van der Waals surface area contributed by atoms with Gasteiger partial charge in [0.05, 0.1) is 6.54 Å². The second-order valence-corrected chi connectivity index (χ2v) is 11.3. The van der Waals surface area contributed by atoms with Crippen molar-refractivity contribution in [1.82, 2.24) is 19.8 Å². The summed E-state index contributed by atoms with van der Waals surface area (Å²) in [6.45, 7) is 12.4. The summed E-state index contributed by atoms with van der Waals surface area (Å²) in [7, 11) is -1.60. The third-order valence-electron chi connectivity index (χ3n) is 5.19. The van der Waals surface area contributed by atoms with Crippen molar-refractivity contribution < 1.29 is 8.42 Å². The van der Waals surface area contributed by atoms with E-state index < -0.39 is 10.0 Å². The fraction of sp³-hybridized carbons (Fsp3) is 0.750. The summed E-state index contributed by atoms with van der Waals surface area (Å²) in [5.74, 6) is 0.728. The van der Waals surface area contributed by atoms with Gasteiger partial charge in [-0.05, 0) is 52.7 Å². The Balaban J connectivity index is 1.86. The fourth-order valence-electron chi connectivity index (χ4n) is 3.63. The number of nitrogens with one attached hydrogen (secondary N) is 2. The first-order valence-electron chi connectivity index (χ1n) is 10.5. The van der Waals surface area contributed by atoms with E-state index in [1.165, 1.54) is 11.3 Å². The van der Waals surface area contributed by atoms with Crippen molar-refractivity contribution in [3.05, 3.63) is 17.0 Å². The minimum atomic E-state index is -3.35. The lowest BCUT2D eigenvalue weighted by molar-refractivity contribution is 0.178. The zero-order valence-electron chi connectivity index (χ0n) is 18.4. The second kappa shape index (κ2) is 11.3. The molecule has 1 aliphatic rings. The van der Waals surface area contributed by atoms with Crippen molar-refractivity contribution >= 4 is 27.3 Å². The zero-order valence-corrected chi connectivity index (χ0v) is 20.1. The minimum absolute atomic E-state index is 0.434. The molecule has 1 fully saturated rings. The van der Waals surface area contributed by atoms with E-state index in [2.05, 4.69) is 48.2 Å². The first-order chi connectivity index (χ1) is 13.8. The highest BCUT2D eigenvalue weighted by atomic mass is 32.2. The Morgan fingerprint density at radius 3 is 2.38 bits per heavy atom. The highest BCUT2D eigenvalue weighted by Crippen LogP contribution is 2.27. The van der Waals surface area contributed by atoms with Gasteiger partial charge in [0.1, 0.15) is 4.21 Å². The van der Waals surface area contributed by atoms with E-state index in [0.29, 0.717) is 35.9 Å². The normalized spacial score (nSPS) is 16.8. The maximum Gasteiger partial charge on any atom is 0.252 e. The molecule has 2 heterocycles. The van der Waals surface area contributed by atoms with Crippen LogP contribution < -0.4 is 10.6 Å². The summed E-state index contributed by atoms with van der Waals surface area (Å²) in [5, 5.41) is 6.63. The highest BCUT2D eigenvalue weighted by molar-refractivity contribution is 7.91. The van der Waals surface area contributed by atoms with E-state index in [-0.39, 0.29) is 0 Å². The Hall–Kier alpha value is -1.16. The largest absolute Gasteiger partial charge is 0.355 e. The Morgan fingerprint density at radius 1 is 1.14 bits per heavy atom. The third-order valence-corrected chi connectivity index (χ3v) is 8.64. The van der Waals surface area contributed by atoms with Crippen molar-refractivity contribution in [2.75, 3.05) is 33.2 Å². The lowest BCUT2D eigenvalue weighted by Gasteiger charge is -2.30. The van der Waals surface area contributed by atoms with Crippen LogP contribution in [-0.2, 0) is 16.6 Å². The zero-order chi connectivity index (χ0) is 21.4. The molecule has 0 aliphatic carbocycles. The average molecular weight is 444 g/mol. The molecule has 0 unspecified atom stereocenters. The van der Waals surface area contributed by atoms with E-state index in [1.54, 1.807) is 17.4 Å². The number of aliphatic imine (C=N–C) groups is 1. The summed E-state index contributed by atoms with van der Waals surface area (Å²) in [4.78, 5) is 7.68. The molecule has 1 aliphatic heterocycles. The van der Waals surface area contributed by atoms with E-state index in [9.17, 15) is 8.42 Å². The molecule has 9 heteroatoms. The third kappa shape index (κ3) is 6.94. The summed E-state index contributed by atoms with van der Waals surface area (Å²) in [6, 6.07) is 4.61.